The topological polar surface area (TPSA) is 29.1 Å². The minimum absolute atomic E-state index is 0.0706. The minimum Gasteiger partial charge on any atom is -0.325 e. The van der Waals surface area contributed by atoms with Crippen LogP contribution in [0, 0.1) is 13.8 Å². The molecule has 2 aromatic rings. The van der Waals surface area contributed by atoms with Gasteiger partial charge in [0.15, 0.2) is 0 Å². The Morgan fingerprint density at radius 3 is 2.52 bits per heavy atom. The molecule has 1 heterocycles. The molecule has 2 nitrogen and oxygen atoms in total. The third-order valence-electron chi connectivity index (χ3n) is 4.05. The van der Waals surface area contributed by atoms with Crippen LogP contribution >= 0.6 is 11.8 Å². The summed E-state index contributed by atoms with van der Waals surface area (Å²) in [5.74, 6) is 0.0476. The van der Waals surface area contributed by atoms with Gasteiger partial charge in [-0.2, -0.15) is 0 Å². The highest BCUT2D eigenvalue weighted by molar-refractivity contribution is 7.98. The van der Waals surface area contributed by atoms with Gasteiger partial charge >= 0.3 is 0 Å². The monoisotopic (exact) mass is 297 g/mol. The van der Waals surface area contributed by atoms with E-state index in [1.54, 1.807) is 11.8 Å². The summed E-state index contributed by atoms with van der Waals surface area (Å²) in [6, 6.07) is 12.7. The van der Waals surface area contributed by atoms with Crippen LogP contribution in [-0.4, -0.2) is 12.2 Å². The second-order valence-corrected chi connectivity index (χ2v) is 6.52. The van der Waals surface area contributed by atoms with Crippen molar-refractivity contribution < 1.29 is 4.79 Å². The van der Waals surface area contributed by atoms with Crippen LogP contribution in [0.5, 0.6) is 0 Å². The molecular weight excluding hydrogens is 278 g/mol. The molecule has 0 saturated heterocycles. The number of nitrogens with one attached hydrogen (secondary N) is 1. The van der Waals surface area contributed by atoms with E-state index in [0.29, 0.717) is 0 Å². The van der Waals surface area contributed by atoms with Crippen molar-refractivity contribution in [2.75, 3.05) is 11.6 Å². The van der Waals surface area contributed by atoms with Crippen LogP contribution in [0.1, 0.15) is 28.2 Å². The lowest BCUT2D eigenvalue weighted by atomic mass is 9.91. The van der Waals surface area contributed by atoms with E-state index in [2.05, 4.69) is 61.8 Å². The lowest BCUT2D eigenvalue weighted by molar-refractivity contribution is -0.117. The third-order valence-corrected chi connectivity index (χ3v) is 4.79. The Labute approximate surface area is 130 Å². The molecular formula is C18H19NOS. The molecule has 1 unspecified atom stereocenters. The molecule has 2 aromatic carbocycles. The van der Waals surface area contributed by atoms with Gasteiger partial charge in [-0.15, -0.1) is 11.8 Å². The van der Waals surface area contributed by atoms with Gasteiger partial charge in [0.2, 0.25) is 5.91 Å². The number of amides is 1. The first-order valence-electron chi connectivity index (χ1n) is 7.13. The van der Waals surface area contributed by atoms with Crippen LogP contribution in [0.25, 0.3) is 0 Å². The molecule has 1 aliphatic rings. The largest absolute Gasteiger partial charge is 0.325 e. The molecule has 108 valence electrons. The van der Waals surface area contributed by atoms with E-state index in [4.69, 9.17) is 0 Å². The summed E-state index contributed by atoms with van der Waals surface area (Å²) in [7, 11) is 0. The second kappa shape index (κ2) is 5.57. The van der Waals surface area contributed by atoms with Crippen LogP contribution in [0.2, 0.25) is 0 Å². The Bertz CT molecular complexity index is 691. The number of carbonyl (C=O) groups excluding carboxylic acids is 1. The zero-order chi connectivity index (χ0) is 15.0. The van der Waals surface area contributed by atoms with Crippen LogP contribution in [-0.2, 0) is 11.2 Å². The normalized spacial score (nSPS) is 16.7. The summed E-state index contributed by atoms with van der Waals surface area (Å²) in [4.78, 5) is 13.6. The predicted octanol–water partition coefficient (Wildman–Crippen LogP) is 4.30. The number of benzene rings is 2. The number of carbonyl (C=O) groups is 1. The Kier molecular flexibility index (Phi) is 3.77. The number of hydrogen-bond donors (Lipinski definition) is 1. The zero-order valence-electron chi connectivity index (χ0n) is 12.6. The van der Waals surface area contributed by atoms with Gasteiger partial charge in [-0.1, -0.05) is 29.8 Å². The Balaban J connectivity index is 1.91. The number of anilines is 1. The quantitative estimate of drug-likeness (QED) is 0.856. The van der Waals surface area contributed by atoms with E-state index < -0.39 is 0 Å². The molecule has 1 atom stereocenters. The highest BCUT2D eigenvalue weighted by Gasteiger charge is 2.31. The third kappa shape index (κ3) is 2.70. The number of aryl methyl sites for hydroxylation is 2. The fourth-order valence-corrected chi connectivity index (χ4v) is 3.41. The van der Waals surface area contributed by atoms with Gasteiger partial charge in [0, 0.05) is 10.6 Å². The summed E-state index contributed by atoms with van der Waals surface area (Å²) in [6.45, 7) is 4.14. The fraction of sp³-hybridized carbons (Fsp3) is 0.278. The molecule has 0 bridgehead atoms. The van der Waals surface area contributed by atoms with Gasteiger partial charge < -0.3 is 5.32 Å². The molecule has 1 aliphatic heterocycles. The lowest BCUT2D eigenvalue weighted by Crippen LogP contribution is -2.14. The van der Waals surface area contributed by atoms with Crippen molar-refractivity contribution >= 4 is 23.4 Å². The SMILES string of the molecule is CSc1ccc(CC2C(=O)Nc3c(C)cc(C)cc32)cc1. The maximum atomic E-state index is 12.3. The van der Waals surface area contributed by atoms with Crippen LogP contribution in [0.4, 0.5) is 5.69 Å². The Morgan fingerprint density at radius 1 is 1.14 bits per heavy atom. The summed E-state index contributed by atoms with van der Waals surface area (Å²) in [5, 5.41) is 3.04. The Hall–Kier alpha value is -1.74. The van der Waals surface area contributed by atoms with Gasteiger partial charge in [0.05, 0.1) is 5.92 Å². The predicted molar refractivity (Wildman–Crippen MR) is 89.2 cm³/mol. The molecule has 3 rings (SSSR count). The molecule has 1 N–H and O–H groups in total. The van der Waals surface area contributed by atoms with Gasteiger partial charge in [-0.25, -0.2) is 0 Å². The van der Waals surface area contributed by atoms with Crippen molar-refractivity contribution in [2.24, 2.45) is 0 Å². The highest BCUT2D eigenvalue weighted by atomic mass is 32.2. The van der Waals surface area contributed by atoms with E-state index in [1.165, 1.54) is 16.0 Å². The summed E-state index contributed by atoms with van der Waals surface area (Å²) < 4.78 is 0. The average Bonchev–Trinajstić information content (AvgIpc) is 2.77. The first-order valence-corrected chi connectivity index (χ1v) is 8.36. The number of rotatable bonds is 3. The standard InChI is InChI=1S/C18H19NOS/c1-11-8-12(2)17-15(9-11)16(18(20)19-17)10-13-4-6-14(21-3)7-5-13/h4-9,16H,10H2,1-3H3,(H,19,20). The zero-order valence-corrected chi connectivity index (χ0v) is 13.4. The molecule has 0 aliphatic carbocycles. The molecule has 0 aromatic heterocycles. The van der Waals surface area contributed by atoms with E-state index in [1.807, 2.05) is 0 Å². The van der Waals surface area contributed by atoms with Crippen molar-refractivity contribution in [3.63, 3.8) is 0 Å². The van der Waals surface area contributed by atoms with Gasteiger partial charge in [0.25, 0.3) is 0 Å². The fourth-order valence-electron chi connectivity index (χ4n) is 3.00. The van der Waals surface area contributed by atoms with E-state index in [-0.39, 0.29) is 11.8 Å². The number of thioether (sulfide) groups is 1. The number of hydrogen-bond acceptors (Lipinski definition) is 2. The van der Waals surface area contributed by atoms with Crippen LogP contribution in [0.15, 0.2) is 41.3 Å². The Morgan fingerprint density at radius 2 is 1.86 bits per heavy atom. The van der Waals surface area contributed by atoms with Crippen molar-refractivity contribution in [3.05, 3.63) is 58.7 Å². The number of fused-ring (bicyclic) bond motifs is 1. The van der Waals surface area contributed by atoms with Gasteiger partial charge in [-0.05, 0) is 55.3 Å². The van der Waals surface area contributed by atoms with E-state index in [9.17, 15) is 4.79 Å². The van der Waals surface area contributed by atoms with Crippen LogP contribution < -0.4 is 5.32 Å². The second-order valence-electron chi connectivity index (χ2n) is 5.64. The molecule has 0 spiro atoms. The van der Waals surface area contributed by atoms with Crippen molar-refractivity contribution in [1.29, 1.82) is 0 Å². The molecule has 0 fully saturated rings. The first kappa shape index (κ1) is 14.2. The molecule has 21 heavy (non-hydrogen) atoms. The molecule has 1 amide bonds. The van der Waals surface area contributed by atoms with Crippen LogP contribution in [0.3, 0.4) is 0 Å². The van der Waals surface area contributed by atoms with Crippen molar-refractivity contribution in [2.45, 2.75) is 31.1 Å². The lowest BCUT2D eigenvalue weighted by Gasteiger charge is -2.11. The molecule has 0 radical (unpaired) electrons. The molecule has 3 heteroatoms. The maximum Gasteiger partial charge on any atom is 0.232 e. The van der Waals surface area contributed by atoms with Crippen molar-refractivity contribution in [1.82, 2.24) is 0 Å². The first-order chi connectivity index (χ1) is 10.1. The summed E-state index contributed by atoms with van der Waals surface area (Å²) in [6.07, 6.45) is 2.83. The smallest absolute Gasteiger partial charge is 0.232 e. The highest BCUT2D eigenvalue weighted by Crippen LogP contribution is 2.37. The van der Waals surface area contributed by atoms with E-state index >= 15 is 0 Å². The summed E-state index contributed by atoms with van der Waals surface area (Å²) >= 11 is 1.73. The van der Waals surface area contributed by atoms with E-state index in [0.717, 1.165) is 23.2 Å². The van der Waals surface area contributed by atoms with Gasteiger partial charge in [-0.3, -0.25) is 4.79 Å². The maximum absolute atomic E-state index is 12.3. The molecule has 0 saturated carbocycles. The van der Waals surface area contributed by atoms with Crippen molar-refractivity contribution in [3.8, 4) is 0 Å². The summed E-state index contributed by atoms with van der Waals surface area (Å²) in [5.41, 5.74) is 5.73. The average molecular weight is 297 g/mol. The minimum atomic E-state index is -0.0706. The van der Waals surface area contributed by atoms with Gasteiger partial charge in [0.1, 0.15) is 0 Å².